The summed E-state index contributed by atoms with van der Waals surface area (Å²) >= 11 is 11.9. The van der Waals surface area contributed by atoms with Crippen LogP contribution in [0.15, 0.2) is 18.2 Å². The van der Waals surface area contributed by atoms with Gasteiger partial charge in [-0.25, -0.2) is 4.79 Å². The maximum atomic E-state index is 11.5. The standard InChI is InChI=1S/C12H15Cl2N3O2/c1-15-12(19)16-11(18)7-17(2)6-8-3-4-9(13)5-10(8)14/h3-5H,6-7H2,1-2H3,(H2,15,16,18,19)/p+1. The van der Waals surface area contributed by atoms with Crippen LogP contribution in [0.3, 0.4) is 0 Å². The van der Waals surface area contributed by atoms with Crippen LogP contribution in [-0.2, 0) is 11.3 Å². The maximum Gasteiger partial charge on any atom is 0.321 e. The molecule has 0 heterocycles. The topological polar surface area (TPSA) is 62.6 Å². The summed E-state index contributed by atoms with van der Waals surface area (Å²) in [5.41, 5.74) is 0.899. The number of nitrogens with one attached hydrogen (secondary N) is 3. The number of benzene rings is 1. The summed E-state index contributed by atoms with van der Waals surface area (Å²) in [6.45, 7) is 0.740. The first-order valence-corrected chi connectivity index (χ1v) is 6.44. The Labute approximate surface area is 121 Å². The quantitative estimate of drug-likeness (QED) is 0.757. The number of rotatable bonds is 4. The van der Waals surface area contributed by atoms with E-state index in [1.54, 1.807) is 12.1 Å². The van der Waals surface area contributed by atoms with Crippen molar-refractivity contribution in [3.05, 3.63) is 33.8 Å². The number of hydrogen-bond acceptors (Lipinski definition) is 2. The van der Waals surface area contributed by atoms with Crippen molar-refractivity contribution in [3.63, 3.8) is 0 Å². The number of imide groups is 1. The number of carbonyl (C=O) groups excluding carboxylic acids is 2. The lowest BCUT2D eigenvalue weighted by atomic mass is 10.2. The number of carbonyl (C=O) groups is 2. The largest absolute Gasteiger partial charge is 0.341 e. The lowest BCUT2D eigenvalue weighted by Gasteiger charge is -2.14. The van der Waals surface area contributed by atoms with Gasteiger partial charge in [-0.2, -0.15) is 0 Å². The summed E-state index contributed by atoms with van der Waals surface area (Å²) in [6, 6.07) is 4.73. The number of urea groups is 1. The Kier molecular flexibility index (Phi) is 6.08. The minimum Gasteiger partial charge on any atom is -0.341 e. The van der Waals surface area contributed by atoms with Crippen molar-refractivity contribution in [1.29, 1.82) is 0 Å². The Hall–Kier alpha value is -1.30. The number of likely N-dealkylation sites (N-methyl/N-ethyl adjacent to an activating group) is 1. The molecule has 1 aromatic rings. The van der Waals surface area contributed by atoms with Gasteiger partial charge in [0.1, 0.15) is 6.54 Å². The van der Waals surface area contributed by atoms with Gasteiger partial charge in [0.2, 0.25) is 0 Å². The van der Waals surface area contributed by atoms with E-state index in [4.69, 9.17) is 23.2 Å². The van der Waals surface area contributed by atoms with Gasteiger partial charge in [0.05, 0.1) is 12.1 Å². The minimum absolute atomic E-state index is 0.173. The molecule has 0 spiro atoms. The second-order valence-corrected chi connectivity index (χ2v) is 5.02. The molecule has 1 rings (SSSR count). The van der Waals surface area contributed by atoms with Crippen molar-refractivity contribution in [3.8, 4) is 0 Å². The van der Waals surface area contributed by atoms with Crippen LogP contribution in [0.2, 0.25) is 10.0 Å². The molecular weight excluding hydrogens is 289 g/mol. The van der Waals surface area contributed by atoms with E-state index in [9.17, 15) is 9.59 Å². The molecule has 0 bridgehead atoms. The van der Waals surface area contributed by atoms with Crippen molar-refractivity contribution in [2.45, 2.75) is 6.54 Å². The molecule has 0 fully saturated rings. The van der Waals surface area contributed by atoms with Crippen LogP contribution in [0, 0.1) is 0 Å². The van der Waals surface area contributed by atoms with E-state index in [-0.39, 0.29) is 12.5 Å². The van der Waals surface area contributed by atoms with E-state index < -0.39 is 6.03 Å². The van der Waals surface area contributed by atoms with Gasteiger partial charge in [0.15, 0.2) is 6.54 Å². The molecule has 0 radical (unpaired) electrons. The SMILES string of the molecule is CNC(=O)NC(=O)C[NH+](C)Cc1ccc(Cl)cc1Cl. The lowest BCUT2D eigenvalue weighted by Crippen LogP contribution is -3.09. The first-order chi connectivity index (χ1) is 8.92. The predicted octanol–water partition coefficient (Wildman–Crippen LogP) is 0.464. The molecule has 0 aromatic heterocycles. The van der Waals surface area contributed by atoms with Gasteiger partial charge in [0.25, 0.3) is 5.91 Å². The zero-order valence-corrected chi connectivity index (χ0v) is 12.2. The smallest absolute Gasteiger partial charge is 0.321 e. The van der Waals surface area contributed by atoms with Gasteiger partial charge in [0, 0.05) is 17.6 Å². The third kappa shape index (κ3) is 5.46. The highest BCUT2D eigenvalue weighted by molar-refractivity contribution is 6.35. The van der Waals surface area contributed by atoms with Gasteiger partial charge < -0.3 is 10.2 Å². The highest BCUT2D eigenvalue weighted by Gasteiger charge is 2.14. The van der Waals surface area contributed by atoms with E-state index in [1.165, 1.54) is 7.05 Å². The third-order valence-corrected chi connectivity index (χ3v) is 3.04. The maximum absolute atomic E-state index is 11.5. The molecule has 5 nitrogen and oxygen atoms in total. The number of quaternary nitrogens is 1. The molecule has 1 atom stereocenters. The van der Waals surface area contributed by atoms with Gasteiger partial charge in [-0.05, 0) is 12.1 Å². The molecule has 3 N–H and O–H groups in total. The van der Waals surface area contributed by atoms with E-state index >= 15 is 0 Å². The normalized spacial score (nSPS) is 11.8. The molecule has 0 aliphatic carbocycles. The van der Waals surface area contributed by atoms with E-state index in [2.05, 4.69) is 10.6 Å². The van der Waals surface area contributed by atoms with Crippen molar-refractivity contribution in [2.75, 3.05) is 20.6 Å². The molecule has 19 heavy (non-hydrogen) atoms. The van der Waals surface area contributed by atoms with Crippen molar-refractivity contribution in [1.82, 2.24) is 10.6 Å². The summed E-state index contributed by atoms with van der Waals surface area (Å²) in [7, 11) is 3.29. The fourth-order valence-corrected chi connectivity index (χ4v) is 2.04. The van der Waals surface area contributed by atoms with E-state index in [1.807, 2.05) is 13.1 Å². The fourth-order valence-electron chi connectivity index (χ4n) is 1.56. The van der Waals surface area contributed by atoms with Gasteiger partial charge in [-0.3, -0.25) is 10.1 Å². The zero-order chi connectivity index (χ0) is 14.4. The minimum atomic E-state index is -0.512. The van der Waals surface area contributed by atoms with Crippen LogP contribution < -0.4 is 15.5 Å². The summed E-state index contributed by atoms with van der Waals surface area (Å²) in [5.74, 6) is -0.345. The molecule has 7 heteroatoms. The average molecular weight is 305 g/mol. The highest BCUT2D eigenvalue weighted by atomic mass is 35.5. The molecule has 0 aliphatic heterocycles. The molecule has 104 valence electrons. The van der Waals surface area contributed by atoms with Crippen LogP contribution in [0.25, 0.3) is 0 Å². The molecule has 0 saturated heterocycles. The predicted molar refractivity (Wildman–Crippen MR) is 74.5 cm³/mol. The monoisotopic (exact) mass is 304 g/mol. The Bertz CT molecular complexity index is 480. The zero-order valence-electron chi connectivity index (χ0n) is 10.7. The molecule has 0 saturated carbocycles. The Morgan fingerprint density at radius 3 is 2.58 bits per heavy atom. The molecular formula is C12H16Cl2N3O2+. The summed E-state index contributed by atoms with van der Waals surface area (Å²) in [6.07, 6.45) is 0. The molecule has 3 amide bonds. The van der Waals surface area contributed by atoms with Crippen LogP contribution in [-0.4, -0.2) is 32.6 Å². The van der Waals surface area contributed by atoms with Gasteiger partial charge in [-0.15, -0.1) is 0 Å². The van der Waals surface area contributed by atoms with Crippen LogP contribution in [0.1, 0.15) is 5.56 Å². The van der Waals surface area contributed by atoms with Crippen molar-refractivity contribution in [2.24, 2.45) is 0 Å². The van der Waals surface area contributed by atoms with Gasteiger partial charge >= 0.3 is 6.03 Å². The molecule has 0 aliphatic rings. The Balaban J connectivity index is 2.53. The number of hydrogen-bond donors (Lipinski definition) is 3. The molecule has 1 unspecified atom stereocenters. The van der Waals surface area contributed by atoms with Crippen molar-refractivity contribution >= 4 is 35.1 Å². The third-order valence-electron chi connectivity index (χ3n) is 2.45. The first kappa shape index (κ1) is 15.8. The number of amides is 3. The van der Waals surface area contributed by atoms with Crippen LogP contribution in [0.4, 0.5) is 4.79 Å². The Morgan fingerprint density at radius 2 is 2.00 bits per heavy atom. The summed E-state index contributed by atoms with van der Waals surface area (Å²) < 4.78 is 0. The highest BCUT2D eigenvalue weighted by Crippen LogP contribution is 2.19. The summed E-state index contributed by atoms with van der Waals surface area (Å²) in [4.78, 5) is 23.4. The lowest BCUT2D eigenvalue weighted by molar-refractivity contribution is -0.885. The van der Waals surface area contributed by atoms with E-state index in [0.29, 0.717) is 16.6 Å². The second-order valence-electron chi connectivity index (χ2n) is 4.17. The Morgan fingerprint density at radius 1 is 1.32 bits per heavy atom. The van der Waals surface area contributed by atoms with Crippen LogP contribution in [0.5, 0.6) is 0 Å². The number of halogens is 2. The van der Waals surface area contributed by atoms with E-state index in [0.717, 1.165) is 10.5 Å². The first-order valence-electron chi connectivity index (χ1n) is 5.69. The summed E-state index contributed by atoms with van der Waals surface area (Å²) in [5, 5.41) is 5.67. The fraction of sp³-hybridized carbons (Fsp3) is 0.333. The molecule has 1 aromatic carbocycles. The van der Waals surface area contributed by atoms with Crippen LogP contribution >= 0.6 is 23.2 Å². The second kappa shape index (κ2) is 7.33. The average Bonchev–Trinajstić information content (AvgIpc) is 2.32. The van der Waals surface area contributed by atoms with Crippen molar-refractivity contribution < 1.29 is 14.5 Å². The van der Waals surface area contributed by atoms with Gasteiger partial charge in [-0.1, -0.05) is 29.3 Å².